The van der Waals surface area contributed by atoms with E-state index in [4.69, 9.17) is 4.74 Å². The van der Waals surface area contributed by atoms with E-state index in [-0.39, 0.29) is 0 Å². The van der Waals surface area contributed by atoms with E-state index in [0.29, 0.717) is 11.7 Å². The molecule has 88 valence electrons. The Balaban J connectivity index is 2.59. The van der Waals surface area contributed by atoms with Crippen LogP contribution >= 0.6 is 0 Å². The molecule has 0 amide bonds. The Morgan fingerprint density at radius 1 is 1.24 bits per heavy atom. The van der Waals surface area contributed by atoms with Crippen molar-refractivity contribution in [3.05, 3.63) is 30.1 Å². The highest BCUT2D eigenvalue weighted by Gasteiger charge is 2.12. The molecule has 2 heterocycles. The van der Waals surface area contributed by atoms with E-state index >= 15 is 0 Å². The Bertz CT molecular complexity index is 528. The van der Waals surface area contributed by atoms with Gasteiger partial charge in [0.05, 0.1) is 7.11 Å². The van der Waals surface area contributed by atoms with Crippen LogP contribution in [-0.4, -0.2) is 29.1 Å². The molecule has 0 aliphatic rings. The maximum Gasteiger partial charge on any atom is 0.223 e. The molecule has 0 fully saturated rings. The second-order valence-electron chi connectivity index (χ2n) is 3.53. The van der Waals surface area contributed by atoms with Gasteiger partial charge in [0, 0.05) is 19.4 Å². The van der Waals surface area contributed by atoms with Crippen molar-refractivity contribution in [1.29, 1.82) is 0 Å². The molecule has 0 aromatic carbocycles. The topological polar surface area (TPSA) is 59.9 Å². The van der Waals surface area contributed by atoms with Gasteiger partial charge in [0.15, 0.2) is 0 Å². The van der Waals surface area contributed by atoms with Crippen LogP contribution in [0.4, 0.5) is 5.95 Å². The van der Waals surface area contributed by atoms with Gasteiger partial charge < -0.3 is 10.1 Å². The van der Waals surface area contributed by atoms with Crippen molar-refractivity contribution in [2.45, 2.75) is 6.92 Å². The molecular formula is C12H14N4O. The minimum Gasteiger partial charge on any atom is -0.494 e. The number of anilines is 1. The van der Waals surface area contributed by atoms with Gasteiger partial charge in [0.25, 0.3) is 0 Å². The number of nitrogens with one attached hydrogen (secondary N) is 1. The molecule has 0 atom stereocenters. The summed E-state index contributed by atoms with van der Waals surface area (Å²) in [5, 5.41) is 2.91. The lowest BCUT2D eigenvalue weighted by molar-refractivity contribution is 0.414. The van der Waals surface area contributed by atoms with Crippen molar-refractivity contribution >= 4 is 5.95 Å². The lowest BCUT2D eigenvalue weighted by Gasteiger charge is -2.09. The molecule has 0 unspecified atom stereocenters. The standard InChI is InChI=1S/C12H14N4O/c1-8-7-15-12(13-2)16-10(8)11-9(17-3)5-4-6-14-11/h4-7H,1-3H3,(H,13,15,16). The number of aromatic nitrogens is 3. The molecule has 0 spiro atoms. The second kappa shape index (κ2) is 4.78. The first-order valence-electron chi connectivity index (χ1n) is 5.27. The summed E-state index contributed by atoms with van der Waals surface area (Å²) in [4.78, 5) is 12.9. The molecule has 5 heteroatoms. The van der Waals surface area contributed by atoms with E-state index in [0.717, 1.165) is 17.0 Å². The molecule has 0 radical (unpaired) electrons. The van der Waals surface area contributed by atoms with Gasteiger partial charge >= 0.3 is 0 Å². The zero-order chi connectivity index (χ0) is 12.3. The Labute approximate surface area is 99.9 Å². The summed E-state index contributed by atoms with van der Waals surface area (Å²) in [6.45, 7) is 1.95. The summed E-state index contributed by atoms with van der Waals surface area (Å²) >= 11 is 0. The molecule has 2 rings (SSSR count). The molecule has 2 aromatic rings. The van der Waals surface area contributed by atoms with Crippen molar-refractivity contribution in [1.82, 2.24) is 15.0 Å². The van der Waals surface area contributed by atoms with Gasteiger partial charge in [-0.3, -0.25) is 4.98 Å². The predicted octanol–water partition coefficient (Wildman–Crippen LogP) is 1.90. The summed E-state index contributed by atoms with van der Waals surface area (Å²) in [6, 6.07) is 3.70. The van der Waals surface area contributed by atoms with Crippen LogP contribution in [0.15, 0.2) is 24.5 Å². The fourth-order valence-electron chi connectivity index (χ4n) is 1.54. The minimum absolute atomic E-state index is 0.568. The van der Waals surface area contributed by atoms with Crippen LogP contribution in [0.5, 0.6) is 5.75 Å². The average Bonchev–Trinajstić information content (AvgIpc) is 2.39. The largest absolute Gasteiger partial charge is 0.494 e. The van der Waals surface area contributed by atoms with Gasteiger partial charge in [-0.05, 0) is 24.6 Å². The first kappa shape index (κ1) is 11.3. The molecule has 1 N–H and O–H groups in total. The minimum atomic E-state index is 0.568. The molecule has 5 nitrogen and oxygen atoms in total. The molecule has 2 aromatic heterocycles. The number of ether oxygens (including phenoxy) is 1. The second-order valence-corrected chi connectivity index (χ2v) is 3.53. The van der Waals surface area contributed by atoms with Crippen LogP contribution in [0.2, 0.25) is 0 Å². The number of hydrogen-bond acceptors (Lipinski definition) is 5. The number of hydrogen-bond donors (Lipinski definition) is 1. The van der Waals surface area contributed by atoms with E-state index in [1.165, 1.54) is 0 Å². The fraction of sp³-hybridized carbons (Fsp3) is 0.250. The summed E-state index contributed by atoms with van der Waals surface area (Å²) < 4.78 is 5.28. The lowest BCUT2D eigenvalue weighted by atomic mass is 10.1. The third kappa shape index (κ3) is 2.18. The number of rotatable bonds is 3. The number of pyridine rings is 1. The number of aryl methyl sites for hydroxylation is 1. The van der Waals surface area contributed by atoms with E-state index in [9.17, 15) is 0 Å². The van der Waals surface area contributed by atoms with Crippen LogP contribution in [0.3, 0.4) is 0 Å². The summed E-state index contributed by atoms with van der Waals surface area (Å²) in [5.41, 5.74) is 2.47. The first-order valence-corrected chi connectivity index (χ1v) is 5.27. The van der Waals surface area contributed by atoms with Gasteiger partial charge in [-0.1, -0.05) is 0 Å². The van der Waals surface area contributed by atoms with Gasteiger partial charge in [0.1, 0.15) is 17.1 Å². The lowest BCUT2D eigenvalue weighted by Crippen LogP contribution is -2.01. The normalized spacial score (nSPS) is 10.1. The molecule has 0 aliphatic heterocycles. The van der Waals surface area contributed by atoms with E-state index in [1.807, 2.05) is 19.1 Å². The van der Waals surface area contributed by atoms with E-state index in [2.05, 4.69) is 20.3 Å². The third-order valence-corrected chi connectivity index (χ3v) is 2.41. The summed E-state index contributed by atoms with van der Waals surface area (Å²) in [7, 11) is 3.40. The Morgan fingerprint density at radius 2 is 2.06 bits per heavy atom. The SMILES string of the molecule is CNc1ncc(C)c(-c2ncccc2OC)n1. The van der Waals surface area contributed by atoms with Crippen molar-refractivity contribution in [3.63, 3.8) is 0 Å². The molecule has 0 saturated carbocycles. The van der Waals surface area contributed by atoms with Crippen molar-refractivity contribution < 1.29 is 4.74 Å². The highest BCUT2D eigenvalue weighted by molar-refractivity contribution is 5.66. The van der Waals surface area contributed by atoms with Crippen molar-refractivity contribution in [3.8, 4) is 17.1 Å². The quantitative estimate of drug-likeness (QED) is 0.872. The maximum atomic E-state index is 5.28. The molecule has 0 saturated heterocycles. The first-order chi connectivity index (χ1) is 8.26. The Kier molecular flexibility index (Phi) is 3.18. The zero-order valence-electron chi connectivity index (χ0n) is 10.1. The van der Waals surface area contributed by atoms with Gasteiger partial charge in [0.2, 0.25) is 5.95 Å². The molecular weight excluding hydrogens is 216 g/mol. The highest BCUT2D eigenvalue weighted by atomic mass is 16.5. The third-order valence-electron chi connectivity index (χ3n) is 2.41. The van der Waals surface area contributed by atoms with Gasteiger partial charge in [-0.25, -0.2) is 9.97 Å². The number of nitrogens with zero attached hydrogens (tertiary/aromatic N) is 3. The van der Waals surface area contributed by atoms with Crippen LogP contribution in [-0.2, 0) is 0 Å². The van der Waals surface area contributed by atoms with Crippen molar-refractivity contribution in [2.24, 2.45) is 0 Å². The maximum absolute atomic E-state index is 5.28. The smallest absolute Gasteiger partial charge is 0.223 e. The highest BCUT2D eigenvalue weighted by Crippen LogP contribution is 2.28. The van der Waals surface area contributed by atoms with Crippen molar-refractivity contribution in [2.75, 3.05) is 19.5 Å². The van der Waals surface area contributed by atoms with E-state index in [1.54, 1.807) is 26.6 Å². The molecule has 0 aliphatic carbocycles. The summed E-state index contributed by atoms with van der Waals surface area (Å²) in [5.74, 6) is 1.27. The molecule has 17 heavy (non-hydrogen) atoms. The van der Waals surface area contributed by atoms with E-state index < -0.39 is 0 Å². The predicted molar refractivity (Wildman–Crippen MR) is 66.1 cm³/mol. The van der Waals surface area contributed by atoms with Crippen LogP contribution in [0, 0.1) is 6.92 Å². The van der Waals surface area contributed by atoms with Gasteiger partial charge in [-0.15, -0.1) is 0 Å². The van der Waals surface area contributed by atoms with Crippen LogP contribution in [0.25, 0.3) is 11.4 Å². The van der Waals surface area contributed by atoms with Gasteiger partial charge in [-0.2, -0.15) is 0 Å². The fourth-order valence-corrected chi connectivity index (χ4v) is 1.54. The zero-order valence-corrected chi connectivity index (χ0v) is 10.1. The Morgan fingerprint density at radius 3 is 2.76 bits per heavy atom. The Hall–Kier alpha value is -2.17. The van der Waals surface area contributed by atoms with Crippen LogP contribution in [0.1, 0.15) is 5.56 Å². The monoisotopic (exact) mass is 230 g/mol. The average molecular weight is 230 g/mol. The summed E-state index contributed by atoms with van der Waals surface area (Å²) in [6.07, 6.45) is 3.49. The number of methoxy groups -OCH3 is 1. The molecule has 0 bridgehead atoms. The van der Waals surface area contributed by atoms with Crippen LogP contribution < -0.4 is 10.1 Å².